The molecule has 0 unspecified atom stereocenters. The van der Waals surface area contributed by atoms with Crippen LogP contribution in [-0.2, 0) is 0 Å². The Morgan fingerprint density at radius 3 is 2.86 bits per heavy atom. The monoisotopic (exact) mass is 315 g/mol. The van der Waals surface area contributed by atoms with Gasteiger partial charge in [0.15, 0.2) is 12.1 Å². The van der Waals surface area contributed by atoms with Gasteiger partial charge in [-0.3, -0.25) is 10.3 Å². The third-order valence-corrected chi connectivity index (χ3v) is 4.62. The van der Waals surface area contributed by atoms with Gasteiger partial charge in [0, 0.05) is 18.0 Å². The number of halogens is 1. The summed E-state index contributed by atoms with van der Waals surface area (Å²) in [6.45, 7) is 0.675. The van der Waals surface area contributed by atoms with E-state index in [1.165, 1.54) is 0 Å². The zero-order valence-corrected chi connectivity index (χ0v) is 12.5. The van der Waals surface area contributed by atoms with E-state index in [-0.39, 0.29) is 6.04 Å². The lowest BCUT2D eigenvalue weighted by Gasteiger charge is -2.16. The van der Waals surface area contributed by atoms with E-state index in [0.29, 0.717) is 18.2 Å². The Labute approximate surface area is 130 Å². The van der Waals surface area contributed by atoms with Crippen molar-refractivity contribution in [2.75, 3.05) is 11.9 Å². The number of fused-ring (bicyclic) bond motifs is 1. The van der Waals surface area contributed by atoms with Crippen LogP contribution in [0.4, 0.5) is 10.2 Å². The number of aromatic nitrogens is 3. The molecule has 4 rings (SSSR count). The van der Waals surface area contributed by atoms with Crippen LogP contribution in [0.25, 0.3) is 21.6 Å². The maximum absolute atomic E-state index is 13.8. The van der Waals surface area contributed by atoms with Crippen LogP contribution in [0.1, 0.15) is 6.42 Å². The first kappa shape index (κ1) is 13.5. The Morgan fingerprint density at radius 1 is 1.23 bits per heavy atom. The molecule has 1 aliphatic rings. The van der Waals surface area contributed by atoms with Gasteiger partial charge in [0.2, 0.25) is 0 Å². The summed E-state index contributed by atoms with van der Waals surface area (Å²) >= 11 is 1.56. The second-order valence-corrected chi connectivity index (χ2v) is 6.08. The predicted octanol–water partition coefficient (Wildman–Crippen LogP) is 2.82. The molecule has 3 aromatic rings. The van der Waals surface area contributed by atoms with Crippen molar-refractivity contribution in [1.82, 2.24) is 20.3 Å². The number of hydrogen-bond donors (Lipinski definition) is 2. The number of pyridine rings is 1. The number of thiophene rings is 1. The van der Waals surface area contributed by atoms with E-state index in [0.717, 1.165) is 22.2 Å². The molecule has 112 valence electrons. The summed E-state index contributed by atoms with van der Waals surface area (Å²) in [5.74, 6) is 1.32. The van der Waals surface area contributed by atoms with Crippen LogP contribution in [0.2, 0.25) is 0 Å². The molecule has 0 saturated carbocycles. The molecule has 0 aromatic carbocycles. The Kier molecular flexibility index (Phi) is 3.44. The first-order valence-electron chi connectivity index (χ1n) is 7.11. The smallest absolute Gasteiger partial charge is 0.171 e. The van der Waals surface area contributed by atoms with Gasteiger partial charge in [0.05, 0.1) is 16.3 Å². The average Bonchev–Trinajstić information content (AvgIpc) is 3.17. The van der Waals surface area contributed by atoms with Crippen LogP contribution in [0.15, 0.2) is 36.0 Å². The molecule has 2 atom stereocenters. The molecule has 1 aliphatic heterocycles. The molecule has 0 bridgehead atoms. The second kappa shape index (κ2) is 5.58. The lowest BCUT2D eigenvalue weighted by Crippen LogP contribution is -2.31. The fourth-order valence-electron chi connectivity index (χ4n) is 2.58. The van der Waals surface area contributed by atoms with Crippen molar-refractivity contribution in [1.29, 1.82) is 0 Å². The number of hydrogen-bond acceptors (Lipinski definition) is 6. The predicted molar refractivity (Wildman–Crippen MR) is 85.6 cm³/mol. The molecule has 0 amide bonds. The number of rotatable bonds is 3. The SMILES string of the molecule is F[C@H]1NCC[C@H]1Nc1nc(-c2ccncc2)nc2ccsc12. The first-order valence-corrected chi connectivity index (χ1v) is 7.99. The molecule has 2 N–H and O–H groups in total. The van der Waals surface area contributed by atoms with Gasteiger partial charge >= 0.3 is 0 Å². The summed E-state index contributed by atoms with van der Waals surface area (Å²) in [4.78, 5) is 13.2. The lowest BCUT2D eigenvalue weighted by molar-refractivity contribution is 0.293. The number of anilines is 1. The van der Waals surface area contributed by atoms with Crippen LogP contribution in [0.3, 0.4) is 0 Å². The first-order chi connectivity index (χ1) is 10.8. The summed E-state index contributed by atoms with van der Waals surface area (Å²) in [5, 5.41) is 8.01. The van der Waals surface area contributed by atoms with Crippen molar-refractivity contribution >= 4 is 27.4 Å². The summed E-state index contributed by atoms with van der Waals surface area (Å²) < 4.78 is 14.8. The Morgan fingerprint density at radius 2 is 2.09 bits per heavy atom. The maximum Gasteiger partial charge on any atom is 0.171 e. The topological polar surface area (TPSA) is 62.7 Å². The number of alkyl halides is 1. The molecule has 1 saturated heterocycles. The third kappa shape index (κ3) is 2.42. The van der Waals surface area contributed by atoms with E-state index in [1.807, 2.05) is 23.6 Å². The fourth-order valence-corrected chi connectivity index (χ4v) is 3.36. The quantitative estimate of drug-likeness (QED) is 0.728. The van der Waals surface area contributed by atoms with Gasteiger partial charge in [-0.05, 0) is 36.5 Å². The molecular formula is C15H14FN5S. The standard InChI is InChI=1S/C15H14FN5S/c16-13-11(3-7-18-13)20-15-12-10(4-8-22-12)19-14(21-15)9-1-5-17-6-2-9/h1-2,4-6,8,11,13,18H,3,7H2,(H,19,20,21)/t11-,13+/m1/s1. The average molecular weight is 315 g/mol. The van der Waals surface area contributed by atoms with Gasteiger partial charge in [-0.2, -0.15) is 0 Å². The van der Waals surface area contributed by atoms with Crippen LogP contribution >= 0.6 is 11.3 Å². The highest BCUT2D eigenvalue weighted by Crippen LogP contribution is 2.30. The largest absolute Gasteiger partial charge is 0.362 e. The van der Waals surface area contributed by atoms with Gasteiger partial charge in [-0.1, -0.05) is 0 Å². The summed E-state index contributed by atoms with van der Waals surface area (Å²) in [6.07, 6.45) is 3.11. The van der Waals surface area contributed by atoms with E-state index < -0.39 is 6.30 Å². The van der Waals surface area contributed by atoms with Crippen LogP contribution < -0.4 is 10.6 Å². The van der Waals surface area contributed by atoms with Crippen LogP contribution in [-0.4, -0.2) is 33.8 Å². The lowest BCUT2D eigenvalue weighted by atomic mass is 10.2. The summed E-state index contributed by atoms with van der Waals surface area (Å²) in [6, 6.07) is 5.43. The molecule has 0 radical (unpaired) electrons. The fraction of sp³-hybridized carbons (Fsp3) is 0.267. The van der Waals surface area contributed by atoms with E-state index in [4.69, 9.17) is 0 Å². The normalized spacial score (nSPS) is 21.3. The molecule has 7 heteroatoms. The molecular weight excluding hydrogens is 301 g/mol. The van der Waals surface area contributed by atoms with E-state index in [2.05, 4.69) is 25.6 Å². The molecule has 22 heavy (non-hydrogen) atoms. The minimum absolute atomic E-state index is 0.259. The highest BCUT2D eigenvalue weighted by Gasteiger charge is 2.27. The summed E-state index contributed by atoms with van der Waals surface area (Å²) in [5.41, 5.74) is 1.77. The molecule has 5 nitrogen and oxygen atoms in total. The van der Waals surface area contributed by atoms with Crippen molar-refractivity contribution in [3.63, 3.8) is 0 Å². The van der Waals surface area contributed by atoms with Crippen molar-refractivity contribution in [2.24, 2.45) is 0 Å². The van der Waals surface area contributed by atoms with E-state index in [9.17, 15) is 4.39 Å². The molecule has 4 heterocycles. The zero-order chi connectivity index (χ0) is 14.9. The highest BCUT2D eigenvalue weighted by molar-refractivity contribution is 7.17. The summed E-state index contributed by atoms with van der Waals surface area (Å²) in [7, 11) is 0. The van der Waals surface area contributed by atoms with Gasteiger partial charge < -0.3 is 5.32 Å². The van der Waals surface area contributed by atoms with Gasteiger partial charge in [-0.15, -0.1) is 11.3 Å². The molecule has 0 aliphatic carbocycles. The number of nitrogens with zero attached hydrogens (tertiary/aromatic N) is 3. The Hall–Kier alpha value is -2.12. The minimum atomic E-state index is -1.05. The van der Waals surface area contributed by atoms with Crippen molar-refractivity contribution < 1.29 is 4.39 Å². The van der Waals surface area contributed by atoms with Crippen molar-refractivity contribution in [3.05, 3.63) is 36.0 Å². The molecule has 1 fully saturated rings. The second-order valence-electron chi connectivity index (χ2n) is 5.16. The van der Waals surface area contributed by atoms with Gasteiger partial charge in [-0.25, -0.2) is 14.4 Å². The van der Waals surface area contributed by atoms with Crippen LogP contribution in [0, 0.1) is 0 Å². The van der Waals surface area contributed by atoms with Crippen molar-refractivity contribution in [3.8, 4) is 11.4 Å². The highest BCUT2D eigenvalue weighted by atomic mass is 32.1. The zero-order valence-electron chi connectivity index (χ0n) is 11.7. The van der Waals surface area contributed by atoms with E-state index in [1.54, 1.807) is 23.7 Å². The third-order valence-electron chi connectivity index (χ3n) is 3.71. The van der Waals surface area contributed by atoms with Crippen LogP contribution in [0.5, 0.6) is 0 Å². The minimum Gasteiger partial charge on any atom is -0.362 e. The van der Waals surface area contributed by atoms with Gasteiger partial charge in [0.1, 0.15) is 5.82 Å². The molecule has 0 spiro atoms. The Bertz CT molecular complexity index is 791. The Balaban J connectivity index is 1.77. The molecule has 3 aromatic heterocycles. The van der Waals surface area contributed by atoms with Gasteiger partial charge in [0.25, 0.3) is 0 Å². The van der Waals surface area contributed by atoms with Crippen molar-refractivity contribution in [2.45, 2.75) is 18.8 Å². The maximum atomic E-state index is 13.8. The number of nitrogens with one attached hydrogen (secondary N) is 2. The van der Waals surface area contributed by atoms with E-state index >= 15 is 0 Å².